The Morgan fingerprint density at radius 2 is 1.71 bits per heavy atom. The Hall–Kier alpha value is -0.300. The first-order valence-corrected chi connectivity index (χ1v) is 10.7. The Morgan fingerprint density at radius 1 is 0.917 bits per heavy atom. The molecule has 1 heterocycles. The van der Waals surface area contributed by atoms with E-state index in [0.717, 1.165) is 12.5 Å². The van der Waals surface area contributed by atoms with Crippen LogP contribution in [0.4, 0.5) is 0 Å². The third-order valence-corrected chi connectivity index (χ3v) is 10.1. The molecule has 134 valence electrons. The molecule has 5 aliphatic rings. The molecule has 1 aliphatic heterocycles. The van der Waals surface area contributed by atoms with E-state index >= 15 is 0 Å². The molecule has 0 aromatic rings. The van der Waals surface area contributed by atoms with Gasteiger partial charge in [0.05, 0.1) is 5.60 Å². The van der Waals surface area contributed by atoms with Gasteiger partial charge in [0, 0.05) is 6.61 Å². The minimum Gasteiger partial charge on any atom is -0.374 e. The van der Waals surface area contributed by atoms with Gasteiger partial charge in [0.2, 0.25) is 0 Å². The zero-order valence-corrected chi connectivity index (χ0v) is 16.3. The van der Waals surface area contributed by atoms with E-state index in [0.29, 0.717) is 21.7 Å². The zero-order valence-electron chi connectivity index (χ0n) is 16.3. The molecule has 5 rings (SSSR count). The summed E-state index contributed by atoms with van der Waals surface area (Å²) in [5.74, 6) is 0.796. The average Bonchev–Trinajstić information content (AvgIpc) is 3.15. The molecule has 24 heavy (non-hydrogen) atoms. The highest BCUT2D eigenvalue weighted by Crippen LogP contribution is 2.76. The molecule has 2 spiro atoms. The lowest BCUT2D eigenvalue weighted by Crippen LogP contribution is -2.61. The number of rotatable bonds is 0. The van der Waals surface area contributed by atoms with Gasteiger partial charge in [0.1, 0.15) is 0 Å². The van der Waals surface area contributed by atoms with E-state index in [1.165, 1.54) is 64.2 Å². The molecular formula is C23H36O. The van der Waals surface area contributed by atoms with Crippen molar-refractivity contribution in [2.24, 2.45) is 27.6 Å². The van der Waals surface area contributed by atoms with Crippen LogP contribution in [-0.2, 0) is 4.74 Å². The molecular weight excluding hydrogens is 292 g/mol. The average molecular weight is 329 g/mol. The Labute approximate surface area is 148 Å². The van der Waals surface area contributed by atoms with Crippen molar-refractivity contribution < 1.29 is 4.74 Å². The van der Waals surface area contributed by atoms with Crippen LogP contribution in [0, 0.1) is 27.6 Å². The summed E-state index contributed by atoms with van der Waals surface area (Å²) >= 11 is 0. The van der Waals surface area contributed by atoms with E-state index in [4.69, 9.17) is 4.74 Å². The Morgan fingerprint density at radius 3 is 2.38 bits per heavy atom. The van der Waals surface area contributed by atoms with E-state index < -0.39 is 0 Å². The second-order valence-electron chi connectivity index (χ2n) is 10.9. The molecule has 1 saturated heterocycles. The fourth-order valence-electron chi connectivity index (χ4n) is 8.41. The fraction of sp³-hybridized carbons (Fsp3) is 0.913. The minimum atomic E-state index is 0.178. The van der Waals surface area contributed by atoms with Gasteiger partial charge < -0.3 is 4.74 Å². The van der Waals surface area contributed by atoms with Crippen molar-refractivity contribution in [3.8, 4) is 0 Å². The van der Waals surface area contributed by atoms with E-state index in [2.05, 4.69) is 33.8 Å². The van der Waals surface area contributed by atoms with Gasteiger partial charge in [-0.1, -0.05) is 39.3 Å². The van der Waals surface area contributed by atoms with Crippen molar-refractivity contribution in [1.82, 2.24) is 0 Å². The quantitative estimate of drug-likeness (QED) is 0.476. The summed E-state index contributed by atoms with van der Waals surface area (Å²) in [6, 6.07) is 0. The molecule has 0 radical (unpaired) electrons. The summed E-state index contributed by atoms with van der Waals surface area (Å²) in [6.07, 6.45) is 16.6. The lowest BCUT2D eigenvalue weighted by molar-refractivity contribution is -0.185. The lowest BCUT2D eigenvalue weighted by Gasteiger charge is -2.66. The van der Waals surface area contributed by atoms with Crippen LogP contribution in [0.5, 0.6) is 0 Å². The Kier molecular flexibility index (Phi) is 2.99. The standard InChI is InChI=1S/C23H36O/c1-19(2)17-8-11-21(4)18(7-5-9-22(21)13-14-22)20(17,3)12-15-23(19)10-6-16-24-23/h7,17H,5-6,8-16H2,1-4H3. The Balaban J connectivity index is 1.58. The largest absolute Gasteiger partial charge is 0.374 e. The smallest absolute Gasteiger partial charge is 0.0737 e. The first-order valence-electron chi connectivity index (χ1n) is 10.7. The molecule has 1 nitrogen and oxygen atoms in total. The summed E-state index contributed by atoms with van der Waals surface area (Å²) in [5.41, 5.74) is 3.99. The van der Waals surface area contributed by atoms with Gasteiger partial charge in [-0.15, -0.1) is 0 Å². The molecule has 4 aliphatic carbocycles. The van der Waals surface area contributed by atoms with E-state index in [9.17, 15) is 0 Å². The summed E-state index contributed by atoms with van der Waals surface area (Å²) in [4.78, 5) is 0. The third kappa shape index (κ3) is 1.62. The van der Waals surface area contributed by atoms with Gasteiger partial charge in [-0.2, -0.15) is 0 Å². The normalized spacial score (nSPS) is 51.2. The van der Waals surface area contributed by atoms with Gasteiger partial charge in [-0.3, -0.25) is 0 Å². The van der Waals surface area contributed by atoms with Crippen LogP contribution in [0.15, 0.2) is 11.6 Å². The van der Waals surface area contributed by atoms with Crippen LogP contribution in [0.2, 0.25) is 0 Å². The first-order chi connectivity index (χ1) is 11.3. The van der Waals surface area contributed by atoms with Crippen molar-refractivity contribution in [2.75, 3.05) is 6.61 Å². The van der Waals surface area contributed by atoms with Crippen molar-refractivity contribution in [3.63, 3.8) is 0 Å². The predicted molar refractivity (Wildman–Crippen MR) is 98.9 cm³/mol. The molecule has 4 fully saturated rings. The molecule has 0 N–H and O–H groups in total. The number of ether oxygens (including phenoxy) is 1. The SMILES string of the molecule is CC12CCC3(CCCO3)C(C)(C)C1CCC1(C)C2=CCCC12CC2. The molecule has 4 atom stereocenters. The lowest BCUT2D eigenvalue weighted by atomic mass is 9.39. The maximum absolute atomic E-state index is 6.49. The van der Waals surface area contributed by atoms with E-state index in [1.807, 2.05) is 5.57 Å². The molecule has 0 aromatic carbocycles. The van der Waals surface area contributed by atoms with Crippen molar-refractivity contribution in [2.45, 2.75) is 97.5 Å². The van der Waals surface area contributed by atoms with Gasteiger partial charge >= 0.3 is 0 Å². The maximum Gasteiger partial charge on any atom is 0.0737 e. The summed E-state index contributed by atoms with van der Waals surface area (Å²) in [6.45, 7) is 11.4. The van der Waals surface area contributed by atoms with Crippen LogP contribution in [-0.4, -0.2) is 12.2 Å². The van der Waals surface area contributed by atoms with Gasteiger partial charge in [0.15, 0.2) is 0 Å². The summed E-state index contributed by atoms with van der Waals surface area (Å²) in [7, 11) is 0. The fourth-order valence-corrected chi connectivity index (χ4v) is 8.41. The topological polar surface area (TPSA) is 9.23 Å². The summed E-state index contributed by atoms with van der Waals surface area (Å²) < 4.78 is 6.49. The van der Waals surface area contributed by atoms with Crippen molar-refractivity contribution in [1.29, 1.82) is 0 Å². The van der Waals surface area contributed by atoms with Crippen LogP contribution in [0.25, 0.3) is 0 Å². The highest BCUT2D eigenvalue weighted by molar-refractivity contribution is 5.36. The second-order valence-corrected chi connectivity index (χ2v) is 10.9. The second kappa shape index (κ2) is 4.51. The van der Waals surface area contributed by atoms with Crippen molar-refractivity contribution in [3.05, 3.63) is 11.6 Å². The molecule has 0 bridgehead atoms. The zero-order chi connectivity index (χ0) is 16.8. The highest BCUT2D eigenvalue weighted by Gasteiger charge is 2.68. The number of fused-ring (bicyclic) bond motifs is 4. The minimum absolute atomic E-state index is 0.178. The monoisotopic (exact) mass is 328 g/mol. The van der Waals surface area contributed by atoms with Crippen LogP contribution in [0.1, 0.15) is 91.9 Å². The van der Waals surface area contributed by atoms with Gasteiger partial charge in [0.25, 0.3) is 0 Å². The summed E-state index contributed by atoms with van der Waals surface area (Å²) in [5, 5.41) is 0. The Bertz CT molecular complexity index is 589. The van der Waals surface area contributed by atoms with E-state index in [-0.39, 0.29) is 5.60 Å². The van der Waals surface area contributed by atoms with Crippen LogP contribution >= 0.6 is 0 Å². The van der Waals surface area contributed by atoms with E-state index in [1.54, 1.807) is 0 Å². The number of allylic oxidation sites excluding steroid dienone is 2. The molecule has 3 saturated carbocycles. The van der Waals surface area contributed by atoms with Gasteiger partial charge in [-0.25, -0.2) is 0 Å². The first kappa shape index (κ1) is 15.9. The third-order valence-electron chi connectivity index (χ3n) is 10.1. The van der Waals surface area contributed by atoms with Crippen molar-refractivity contribution >= 4 is 0 Å². The number of hydrogen-bond donors (Lipinski definition) is 0. The van der Waals surface area contributed by atoms with Crippen LogP contribution < -0.4 is 0 Å². The predicted octanol–water partition coefficient (Wildman–Crippen LogP) is 6.28. The number of hydrogen-bond acceptors (Lipinski definition) is 1. The maximum atomic E-state index is 6.49. The molecule has 1 heteroatoms. The van der Waals surface area contributed by atoms with Crippen LogP contribution in [0.3, 0.4) is 0 Å². The molecule has 4 unspecified atom stereocenters. The molecule has 0 aromatic heterocycles. The molecule has 0 amide bonds. The highest BCUT2D eigenvalue weighted by atomic mass is 16.5. The van der Waals surface area contributed by atoms with Gasteiger partial charge in [-0.05, 0) is 91.8 Å².